The molecule has 0 aliphatic heterocycles. The summed E-state index contributed by atoms with van der Waals surface area (Å²) < 4.78 is 40.5. The van der Waals surface area contributed by atoms with Crippen LogP contribution in [0.3, 0.4) is 0 Å². The molecule has 1 aliphatic rings. The van der Waals surface area contributed by atoms with Crippen LogP contribution in [0.2, 0.25) is 0 Å². The Hall–Kier alpha value is -2.65. The van der Waals surface area contributed by atoms with Gasteiger partial charge in [0.15, 0.2) is 5.58 Å². The van der Waals surface area contributed by atoms with Gasteiger partial charge in [-0.25, -0.2) is 22.9 Å². The summed E-state index contributed by atoms with van der Waals surface area (Å²) in [6.07, 6.45) is 4.58. The summed E-state index contributed by atoms with van der Waals surface area (Å²) in [5.41, 5.74) is 0.805. The van der Waals surface area contributed by atoms with Gasteiger partial charge in [0.2, 0.25) is 15.9 Å². The van der Waals surface area contributed by atoms with Crippen molar-refractivity contribution in [3.05, 3.63) is 53.1 Å². The molecular formula is C19H21N3O5S. The molecule has 0 atom stereocenters. The third-order valence-corrected chi connectivity index (χ3v) is 6.51. The molecule has 0 amide bonds. The van der Waals surface area contributed by atoms with Crippen LogP contribution in [0.5, 0.6) is 5.88 Å². The molecule has 2 heterocycles. The first-order valence-corrected chi connectivity index (χ1v) is 10.6. The third kappa shape index (κ3) is 3.81. The fourth-order valence-corrected chi connectivity index (χ4v) is 4.77. The lowest BCUT2D eigenvalue weighted by molar-refractivity contribution is 0.138. The molecule has 9 heteroatoms. The van der Waals surface area contributed by atoms with Crippen molar-refractivity contribution in [3.63, 3.8) is 0 Å². The van der Waals surface area contributed by atoms with Crippen molar-refractivity contribution in [2.75, 3.05) is 0 Å². The zero-order valence-corrected chi connectivity index (χ0v) is 16.2. The zero-order chi connectivity index (χ0) is 19.7. The number of rotatable bonds is 5. The predicted molar refractivity (Wildman–Crippen MR) is 103 cm³/mol. The Morgan fingerprint density at radius 2 is 1.96 bits per heavy atom. The van der Waals surface area contributed by atoms with Crippen molar-refractivity contribution in [1.29, 1.82) is 0 Å². The van der Waals surface area contributed by atoms with Crippen LogP contribution in [0.25, 0.3) is 11.1 Å². The molecule has 0 radical (unpaired) electrons. The smallest absolute Gasteiger partial charge is 0.419 e. The van der Waals surface area contributed by atoms with E-state index in [9.17, 15) is 13.2 Å². The standard InChI is InChI=1S/C19H21N3O5S/c1-22-16-12-15(9-10-17(16)27-19(22)23)28(24,25)21-13-5-7-14(8-6-13)26-18-4-2-3-11-20-18/h2-4,9-14,21H,5-8H2,1H3. The van der Waals surface area contributed by atoms with Crippen LogP contribution in [-0.4, -0.2) is 30.1 Å². The lowest BCUT2D eigenvalue weighted by Gasteiger charge is -2.29. The number of hydrogen-bond donors (Lipinski definition) is 1. The minimum atomic E-state index is -3.70. The Morgan fingerprint density at radius 1 is 1.18 bits per heavy atom. The fraction of sp³-hybridized carbons (Fsp3) is 0.368. The van der Waals surface area contributed by atoms with Gasteiger partial charge in [-0.15, -0.1) is 0 Å². The van der Waals surface area contributed by atoms with Crippen molar-refractivity contribution >= 4 is 21.1 Å². The number of nitrogens with one attached hydrogen (secondary N) is 1. The number of pyridine rings is 1. The van der Waals surface area contributed by atoms with Crippen LogP contribution in [0.4, 0.5) is 0 Å². The molecular weight excluding hydrogens is 382 g/mol. The lowest BCUT2D eigenvalue weighted by Crippen LogP contribution is -2.39. The average molecular weight is 403 g/mol. The maximum atomic E-state index is 12.8. The van der Waals surface area contributed by atoms with Crippen LogP contribution in [0, 0.1) is 0 Å². The van der Waals surface area contributed by atoms with Crippen LogP contribution in [0.1, 0.15) is 25.7 Å². The highest BCUT2D eigenvalue weighted by atomic mass is 32.2. The number of oxazole rings is 1. The number of nitrogens with zero attached hydrogens (tertiary/aromatic N) is 2. The summed E-state index contributed by atoms with van der Waals surface area (Å²) in [5, 5.41) is 0. The van der Waals surface area contributed by atoms with Gasteiger partial charge in [-0.1, -0.05) is 6.07 Å². The zero-order valence-electron chi connectivity index (χ0n) is 15.4. The van der Waals surface area contributed by atoms with Crippen molar-refractivity contribution in [2.24, 2.45) is 7.05 Å². The first-order chi connectivity index (χ1) is 13.4. The molecule has 0 bridgehead atoms. The number of aryl methyl sites for hydroxylation is 1. The van der Waals surface area contributed by atoms with Gasteiger partial charge >= 0.3 is 5.76 Å². The maximum absolute atomic E-state index is 12.8. The summed E-state index contributed by atoms with van der Waals surface area (Å²) in [5.74, 6) is 0.0642. The summed E-state index contributed by atoms with van der Waals surface area (Å²) in [4.78, 5) is 15.9. The van der Waals surface area contributed by atoms with Crippen LogP contribution in [0.15, 0.2) is 56.7 Å². The summed E-state index contributed by atoms with van der Waals surface area (Å²) >= 11 is 0. The molecule has 0 unspecified atom stereocenters. The van der Waals surface area contributed by atoms with Gasteiger partial charge in [0.05, 0.1) is 10.4 Å². The van der Waals surface area contributed by atoms with Crippen molar-refractivity contribution < 1.29 is 17.6 Å². The highest BCUT2D eigenvalue weighted by Gasteiger charge is 2.27. The van der Waals surface area contributed by atoms with E-state index in [4.69, 9.17) is 9.15 Å². The monoisotopic (exact) mass is 403 g/mol. The summed E-state index contributed by atoms with van der Waals surface area (Å²) in [6, 6.07) is 9.77. The number of ether oxygens (including phenoxy) is 1. The predicted octanol–water partition coefficient (Wildman–Crippen LogP) is 2.19. The number of benzene rings is 1. The van der Waals surface area contributed by atoms with Gasteiger partial charge in [0, 0.05) is 25.4 Å². The maximum Gasteiger partial charge on any atom is 0.419 e. The fourth-order valence-electron chi connectivity index (χ4n) is 3.45. The molecule has 1 fully saturated rings. The van der Waals surface area contributed by atoms with Gasteiger partial charge in [-0.3, -0.25) is 4.57 Å². The molecule has 148 valence electrons. The molecule has 1 saturated carbocycles. The molecule has 0 spiro atoms. The second kappa shape index (κ2) is 7.40. The Kier molecular flexibility index (Phi) is 4.94. The Morgan fingerprint density at radius 3 is 2.68 bits per heavy atom. The quantitative estimate of drug-likeness (QED) is 0.700. The van der Waals surface area contributed by atoms with E-state index < -0.39 is 15.8 Å². The number of sulfonamides is 1. The molecule has 1 aromatic carbocycles. The first kappa shape index (κ1) is 18.7. The number of hydrogen-bond acceptors (Lipinski definition) is 6. The van der Waals surface area contributed by atoms with E-state index >= 15 is 0 Å². The topological polar surface area (TPSA) is 103 Å². The molecule has 1 N–H and O–H groups in total. The molecule has 3 aromatic rings. The highest BCUT2D eigenvalue weighted by molar-refractivity contribution is 7.89. The van der Waals surface area contributed by atoms with E-state index in [1.807, 2.05) is 18.2 Å². The van der Waals surface area contributed by atoms with Crippen LogP contribution < -0.4 is 15.2 Å². The third-order valence-electron chi connectivity index (χ3n) is 4.99. The van der Waals surface area contributed by atoms with E-state index in [2.05, 4.69) is 9.71 Å². The van der Waals surface area contributed by atoms with Gasteiger partial charge in [0.25, 0.3) is 0 Å². The lowest BCUT2D eigenvalue weighted by atomic mass is 9.94. The number of fused-ring (bicyclic) bond motifs is 1. The normalized spacial score (nSPS) is 20.3. The molecule has 1 aliphatic carbocycles. The summed E-state index contributed by atoms with van der Waals surface area (Å²) in [6.45, 7) is 0. The van der Waals surface area contributed by atoms with Crippen molar-refractivity contribution in [2.45, 2.75) is 42.7 Å². The van der Waals surface area contributed by atoms with Crippen molar-refractivity contribution in [3.8, 4) is 5.88 Å². The molecule has 28 heavy (non-hydrogen) atoms. The van der Waals surface area contributed by atoms with Gasteiger partial charge < -0.3 is 9.15 Å². The minimum Gasteiger partial charge on any atom is -0.474 e. The van der Waals surface area contributed by atoms with Crippen LogP contribution in [-0.2, 0) is 17.1 Å². The summed E-state index contributed by atoms with van der Waals surface area (Å²) in [7, 11) is -2.15. The van der Waals surface area contributed by atoms with Gasteiger partial charge in [-0.2, -0.15) is 0 Å². The highest BCUT2D eigenvalue weighted by Crippen LogP contribution is 2.25. The minimum absolute atomic E-state index is 0.0347. The SMILES string of the molecule is Cn1c(=O)oc2ccc(S(=O)(=O)NC3CCC(Oc4ccccn4)CC3)cc21. The van der Waals surface area contributed by atoms with E-state index in [1.54, 1.807) is 13.2 Å². The Balaban J connectivity index is 1.41. The first-order valence-electron chi connectivity index (χ1n) is 9.12. The van der Waals surface area contributed by atoms with Crippen molar-refractivity contribution in [1.82, 2.24) is 14.3 Å². The molecule has 0 saturated heterocycles. The van der Waals surface area contributed by atoms with Gasteiger partial charge in [0.1, 0.15) is 6.10 Å². The molecule has 2 aromatic heterocycles. The molecule has 4 rings (SSSR count). The van der Waals surface area contributed by atoms with E-state index in [0.29, 0.717) is 29.8 Å². The second-order valence-corrected chi connectivity index (χ2v) is 8.65. The van der Waals surface area contributed by atoms with Gasteiger partial charge in [-0.05, 0) is 49.9 Å². The Labute approximate surface area is 162 Å². The molecule has 8 nitrogen and oxygen atoms in total. The largest absolute Gasteiger partial charge is 0.474 e. The van der Waals surface area contributed by atoms with Crippen LogP contribution >= 0.6 is 0 Å². The second-order valence-electron chi connectivity index (χ2n) is 6.94. The number of aromatic nitrogens is 2. The van der Waals surface area contributed by atoms with E-state index in [1.165, 1.54) is 22.8 Å². The Bertz CT molecular complexity index is 1130. The average Bonchev–Trinajstić information content (AvgIpc) is 2.97. The van der Waals surface area contributed by atoms with E-state index in [0.717, 1.165) is 12.8 Å². The van der Waals surface area contributed by atoms with E-state index in [-0.39, 0.29) is 17.0 Å².